The molecule has 4 N–H and O–H groups in total. The van der Waals surface area contributed by atoms with Crippen LogP contribution in [0.5, 0.6) is 0 Å². The number of aromatic nitrogens is 2. The molecule has 0 saturated heterocycles. The number of halogens is 3. The molecule has 34 heavy (non-hydrogen) atoms. The summed E-state index contributed by atoms with van der Waals surface area (Å²) in [5.41, 5.74) is 1.72. The van der Waals surface area contributed by atoms with Crippen LogP contribution in [-0.4, -0.2) is 30.5 Å². The third-order valence-corrected chi connectivity index (χ3v) is 5.38. The van der Waals surface area contributed by atoms with Gasteiger partial charge in [-0.2, -0.15) is 18.2 Å². The third kappa shape index (κ3) is 5.73. The van der Waals surface area contributed by atoms with Crippen LogP contribution < -0.4 is 20.7 Å². The molecule has 0 fully saturated rings. The van der Waals surface area contributed by atoms with Gasteiger partial charge in [-0.25, -0.2) is 13.4 Å². The number of sulfonamides is 1. The quantitative estimate of drug-likeness (QED) is 0.396. The summed E-state index contributed by atoms with van der Waals surface area (Å²) in [6.07, 6.45) is -2.81. The van der Waals surface area contributed by atoms with Gasteiger partial charge in [0, 0.05) is 29.8 Å². The van der Waals surface area contributed by atoms with E-state index >= 15 is 0 Å². The molecule has 1 amide bonds. The number of nitrogens with one attached hydrogen (secondary N) is 4. The molecular weight excluding hydrogens is 473 g/mol. The first-order valence-electron chi connectivity index (χ1n) is 9.91. The molecule has 0 bridgehead atoms. The Balaban J connectivity index is 1.55. The number of alkyl halides is 3. The van der Waals surface area contributed by atoms with Crippen molar-refractivity contribution in [2.24, 2.45) is 0 Å². The van der Waals surface area contributed by atoms with Gasteiger partial charge in [-0.05, 0) is 41.5 Å². The van der Waals surface area contributed by atoms with E-state index in [1.165, 1.54) is 12.1 Å². The van der Waals surface area contributed by atoms with E-state index in [-0.39, 0.29) is 30.5 Å². The van der Waals surface area contributed by atoms with Crippen LogP contribution in [-0.2, 0) is 34.0 Å². The molecule has 0 radical (unpaired) electrons. The van der Waals surface area contributed by atoms with Crippen molar-refractivity contribution < 1.29 is 26.4 Å². The standard InChI is InChI=1S/C21H19F3N6O3S/c1-34(32,33)30-15-4-2-3-12(7-15)10-25-19-16(21(22,23)24)11-26-20(29-19)27-14-5-6-17-13(8-14)9-18(31)28-17/h2-8,11,30H,9-10H2,1H3,(H,28,31)(H2,25,26,27,29). The SMILES string of the molecule is CS(=O)(=O)Nc1cccc(CNc2nc(Nc3ccc4c(c3)CC(=O)N4)ncc2C(F)(F)F)c1. The maximum absolute atomic E-state index is 13.5. The van der Waals surface area contributed by atoms with Gasteiger partial charge in [0.1, 0.15) is 11.4 Å². The molecule has 0 aliphatic carbocycles. The lowest BCUT2D eigenvalue weighted by Gasteiger charge is -2.15. The normalized spacial score (nSPS) is 13.2. The molecule has 0 spiro atoms. The lowest BCUT2D eigenvalue weighted by atomic mass is 10.1. The van der Waals surface area contributed by atoms with E-state index in [1.807, 2.05) is 0 Å². The van der Waals surface area contributed by atoms with Gasteiger partial charge in [0.25, 0.3) is 0 Å². The maximum Gasteiger partial charge on any atom is 0.421 e. The zero-order chi connectivity index (χ0) is 24.5. The highest BCUT2D eigenvalue weighted by Gasteiger charge is 2.35. The highest BCUT2D eigenvalue weighted by molar-refractivity contribution is 7.92. The Hall–Kier alpha value is -3.87. The van der Waals surface area contributed by atoms with Crippen molar-refractivity contribution in [3.8, 4) is 0 Å². The number of anilines is 5. The molecule has 0 unspecified atom stereocenters. The van der Waals surface area contributed by atoms with Gasteiger partial charge in [-0.3, -0.25) is 9.52 Å². The number of rotatable bonds is 7. The molecule has 1 aromatic heterocycles. The van der Waals surface area contributed by atoms with Crippen LogP contribution >= 0.6 is 0 Å². The van der Waals surface area contributed by atoms with E-state index in [2.05, 4.69) is 30.6 Å². The maximum atomic E-state index is 13.5. The Labute approximate surface area is 192 Å². The van der Waals surface area contributed by atoms with Crippen LogP contribution in [0.1, 0.15) is 16.7 Å². The van der Waals surface area contributed by atoms with E-state index < -0.39 is 27.6 Å². The Morgan fingerprint density at radius 2 is 1.91 bits per heavy atom. The summed E-state index contributed by atoms with van der Waals surface area (Å²) < 4.78 is 65.7. The van der Waals surface area contributed by atoms with E-state index in [4.69, 9.17) is 0 Å². The van der Waals surface area contributed by atoms with Crippen molar-refractivity contribution >= 4 is 44.8 Å². The molecule has 2 heterocycles. The summed E-state index contributed by atoms with van der Waals surface area (Å²) in [4.78, 5) is 19.3. The smallest absolute Gasteiger partial charge is 0.365 e. The molecule has 9 nitrogen and oxygen atoms in total. The van der Waals surface area contributed by atoms with Crippen LogP contribution in [0.15, 0.2) is 48.7 Å². The molecule has 0 saturated carbocycles. The second-order valence-corrected chi connectivity index (χ2v) is 9.35. The zero-order valence-electron chi connectivity index (χ0n) is 17.7. The van der Waals surface area contributed by atoms with Crippen LogP contribution in [0.25, 0.3) is 0 Å². The zero-order valence-corrected chi connectivity index (χ0v) is 18.5. The lowest BCUT2D eigenvalue weighted by molar-refractivity contribution is -0.137. The average molecular weight is 492 g/mol. The van der Waals surface area contributed by atoms with Crippen molar-refractivity contribution in [3.63, 3.8) is 0 Å². The lowest BCUT2D eigenvalue weighted by Crippen LogP contribution is -2.14. The minimum atomic E-state index is -4.69. The minimum Gasteiger partial charge on any atom is -0.365 e. The number of hydrogen-bond acceptors (Lipinski definition) is 7. The minimum absolute atomic E-state index is 0.0502. The fourth-order valence-corrected chi connectivity index (χ4v) is 3.92. The van der Waals surface area contributed by atoms with Crippen LogP contribution in [0.4, 0.5) is 42.0 Å². The summed E-state index contributed by atoms with van der Waals surface area (Å²) in [6, 6.07) is 11.3. The number of fused-ring (bicyclic) bond motifs is 1. The van der Waals surface area contributed by atoms with Crippen molar-refractivity contribution in [2.45, 2.75) is 19.1 Å². The van der Waals surface area contributed by atoms with E-state index in [1.54, 1.807) is 30.3 Å². The highest BCUT2D eigenvalue weighted by Crippen LogP contribution is 2.34. The Bertz CT molecular complexity index is 1360. The van der Waals surface area contributed by atoms with Gasteiger partial charge in [-0.1, -0.05) is 12.1 Å². The summed E-state index contributed by atoms with van der Waals surface area (Å²) in [6.45, 7) is -0.0502. The molecule has 178 valence electrons. The Kier molecular flexibility index (Phi) is 6.04. The van der Waals surface area contributed by atoms with Gasteiger partial charge in [0.15, 0.2) is 0 Å². The summed E-state index contributed by atoms with van der Waals surface area (Å²) in [7, 11) is -3.50. The second kappa shape index (κ2) is 8.82. The molecule has 13 heteroatoms. The number of hydrogen-bond donors (Lipinski definition) is 4. The number of amides is 1. The molecular formula is C21H19F3N6O3S. The average Bonchev–Trinajstić information content (AvgIpc) is 3.10. The van der Waals surface area contributed by atoms with Crippen molar-refractivity contribution in [1.82, 2.24) is 9.97 Å². The highest BCUT2D eigenvalue weighted by atomic mass is 32.2. The van der Waals surface area contributed by atoms with Gasteiger partial charge >= 0.3 is 6.18 Å². The van der Waals surface area contributed by atoms with Crippen LogP contribution in [0.2, 0.25) is 0 Å². The van der Waals surface area contributed by atoms with E-state index in [0.29, 0.717) is 23.1 Å². The first kappa shape index (κ1) is 23.3. The van der Waals surface area contributed by atoms with Crippen LogP contribution in [0.3, 0.4) is 0 Å². The molecule has 4 rings (SSSR count). The first-order chi connectivity index (χ1) is 16.0. The number of carbonyl (C=O) groups excluding carboxylic acids is 1. The van der Waals surface area contributed by atoms with Gasteiger partial charge in [0.05, 0.1) is 12.7 Å². The van der Waals surface area contributed by atoms with Crippen molar-refractivity contribution in [2.75, 3.05) is 26.9 Å². The Morgan fingerprint density at radius 1 is 1.12 bits per heavy atom. The second-order valence-electron chi connectivity index (χ2n) is 7.60. The van der Waals surface area contributed by atoms with E-state index in [9.17, 15) is 26.4 Å². The number of nitrogens with zero attached hydrogens (tertiary/aromatic N) is 2. The van der Waals surface area contributed by atoms with Crippen molar-refractivity contribution in [1.29, 1.82) is 0 Å². The van der Waals surface area contributed by atoms with Gasteiger partial charge in [-0.15, -0.1) is 0 Å². The fourth-order valence-electron chi connectivity index (χ4n) is 3.37. The third-order valence-electron chi connectivity index (χ3n) is 4.77. The molecule has 0 atom stereocenters. The van der Waals surface area contributed by atoms with Crippen LogP contribution in [0, 0.1) is 0 Å². The molecule has 1 aliphatic heterocycles. The largest absolute Gasteiger partial charge is 0.421 e. The summed E-state index contributed by atoms with van der Waals surface area (Å²) in [5, 5.41) is 8.21. The van der Waals surface area contributed by atoms with Crippen molar-refractivity contribution in [3.05, 3.63) is 65.4 Å². The van der Waals surface area contributed by atoms with Gasteiger partial charge in [0.2, 0.25) is 21.9 Å². The van der Waals surface area contributed by atoms with E-state index in [0.717, 1.165) is 11.8 Å². The summed E-state index contributed by atoms with van der Waals surface area (Å²) >= 11 is 0. The predicted molar refractivity (Wildman–Crippen MR) is 121 cm³/mol. The molecule has 1 aliphatic rings. The number of carbonyl (C=O) groups is 1. The molecule has 2 aromatic carbocycles. The predicted octanol–water partition coefficient (Wildman–Crippen LogP) is 3.72. The van der Waals surface area contributed by atoms with Gasteiger partial charge < -0.3 is 16.0 Å². The molecule has 3 aromatic rings. The first-order valence-corrected chi connectivity index (χ1v) is 11.8. The fraction of sp³-hybridized carbons (Fsp3) is 0.190. The monoisotopic (exact) mass is 492 g/mol. The number of benzene rings is 2. The Morgan fingerprint density at radius 3 is 2.65 bits per heavy atom. The summed E-state index contributed by atoms with van der Waals surface area (Å²) in [5.74, 6) is -0.648. The topological polar surface area (TPSA) is 125 Å².